The molecule has 2 aliphatic rings. The molecule has 1 aromatic rings. The fourth-order valence-electron chi connectivity index (χ4n) is 3.70. The van der Waals surface area contributed by atoms with Crippen LogP contribution in [0.3, 0.4) is 0 Å². The van der Waals surface area contributed by atoms with E-state index in [1.807, 2.05) is 0 Å². The van der Waals surface area contributed by atoms with Crippen LogP contribution in [0.15, 0.2) is 24.4 Å². The van der Waals surface area contributed by atoms with Crippen molar-refractivity contribution in [3.8, 4) is 5.75 Å². The molecule has 1 fully saturated rings. The van der Waals surface area contributed by atoms with Gasteiger partial charge in [-0.2, -0.15) is 0 Å². The van der Waals surface area contributed by atoms with Crippen LogP contribution < -0.4 is 0 Å². The van der Waals surface area contributed by atoms with Gasteiger partial charge in [0.15, 0.2) is 11.6 Å². The van der Waals surface area contributed by atoms with E-state index in [-0.39, 0.29) is 11.5 Å². The molecule has 0 unspecified atom stereocenters. The number of carbonyl (C=O) groups is 1. The molecule has 3 rings (SSSR count). The molecular weight excluding hydrogens is 281 g/mol. The van der Waals surface area contributed by atoms with Gasteiger partial charge in [-0.15, -0.1) is 0 Å². The summed E-state index contributed by atoms with van der Waals surface area (Å²) in [6.07, 6.45) is 5.64. The summed E-state index contributed by atoms with van der Waals surface area (Å²) in [6, 6.07) is 2.92. The molecule has 1 amide bonds. The van der Waals surface area contributed by atoms with Crippen LogP contribution in [0.2, 0.25) is 0 Å². The van der Waals surface area contributed by atoms with Crippen LogP contribution in [0.25, 0.3) is 0 Å². The average molecular weight is 303 g/mol. The van der Waals surface area contributed by atoms with E-state index in [1.54, 1.807) is 11.0 Å². The third-order valence-electron chi connectivity index (χ3n) is 5.24. The monoisotopic (exact) mass is 303 g/mol. The van der Waals surface area contributed by atoms with Gasteiger partial charge in [-0.25, -0.2) is 4.39 Å². The van der Waals surface area contributed by atoms with Crippen molar-refractivity contribution in [2.75, 3.05) is 0 Å². The van der Waals surface area contributed by atoms with Crippen molar-refractivity contribution < 1.29 is 14.3 Å². The first-order valence-electron chi connectivity index (χ1n) is 8.03. The van der Waals surface area contributed by atoms with Gasteiger partial charge in [0.2, 0.25) is 0 Å². The molecule has 1 saturated carbocycles. The second-order valence-electron chi connectivity index (χ2n) is 6.44. The Morgan fingerprint density at radius 3 is 2.68 bits per heavy atom. The van der Waals surface area contributed by atoms with E-state index in [1.165, 1.54) is 25.3 Å². The van der Waals surface area contributed by atoms with Crippen LogP contribution in [0, 0.1) is 17.7 Å². The molecule has 1 aliphatic carbocycles. The molecule has 22 heavy (non-hydrogen) atoms. The van der Waals surface area contributed by atoms with E-state index in [0.717, 1.165) is 24.5 Å². The van der Waals surface area contributed by atoms with Gasteiger partial charge >= 0.3 is 0 Å². The lowest BCUT2D eigenvalue weighted by molar-refractivity contribution is 0.0797. The molecule has 1 aliphatic heterocycles. The third-order valence-corrected chi connectivity index (χ3v) is 5.24. The van der Waals surface area contributed by atoms with E-state index in [2.05, 4.69) is 13.5 Å². The number of nitrogens with zero attached hydrogens (tertiary/aromatic N) is 1. The highest BCUT2D eigenvalue weighted by Gasteiger charge is 2.36. The summed E-state index contributed by atoms with van der Waals surface area (Å²) in [7, 11) is 0. The summed E-state index contributed by atoms with van der Waals surface area (Å²) in [4.78, 5) is 14.1. The molecule has 1 heterocycles. The lowest BCUT2D eigenvalue weighted by atomic mass is 9.79. The maximum Gasteiger partial charge on any atom is 0.261 e. The Morgan fingerprint density at radius 2 is 2.05 bits per heavy atom. The molecule has 0 atom stereocenters. The number of aromatic hydroxyl groups is 1. The molecule has 1 aromatic carbocycles. The standard InChI is InChI=1S/C18H22FNO2/c1-3-12-4-6-13(7-5-12)11(2)20-10-14-8-9-15(21)17(19)16(14)18(20)22/h8-9,12-13,21H,2-7,10H2,1H3. The minimum Gasteiger partial charge on any atom is -0.505 e. The lowest BCUT2D eigenvalue weighted by Crippen LogP contribution is -2.29. The first kappa shape index (κ1) is 15.1. The molecule has 118 valence electrons. The summed E-state index contributed by atoms with van der Waals surface area (Å²) >= 11 is 0. The number of rotatable bonds is 3. The summed E-state index contributed by atoms with van der Waals surface area (Å²) in [6.45, 7) is 6.69. The van der Waals surface area contributed by atoms with E-state index in [0.29, 0.717) is 18.0 Å². The van der Waals surface area contributed by atoms with Gasteiger partial charge in [0.25, 0.3) is 5.91 Å². The largest absolute Gasteiger partial charge is 0.505 e. The van der Waals surface area contributed by atoms with Crippen LogP contribution in [0.4, 0.5) is 4.39 Å². The predicted molar refractivity (Wildman–Crippen MR) is 82.8 cm³/mol. The first-order valence-corrected chi connectivity index (χ1v) is 8.03. The van der Waals surface area contributed by atoms with Crippen LogP contribution in [-0.4, -0.2) is 15.9 Å². The number of allylic oxidation sites excluding steroid dienone is 1. The Kier molecular flexibility index (Phi) is 3.94. The fourth-order valence-corrected chi connectivity index (χ4v) is 3.70. The lowest BCUT2D eigenvalue weighted by Gasteiger charge is -2.32. The number of carbonyl (C=O) groups excluding carboxylic acids is 1. The highest BCUT2D eigenvalue weighted by atomic mass is 19.1. The average Bonchev–Trinajstić information content (AvgIpc) is 2.88. The van der Waals surface area contributed by atoms with Crippen molar-refractivity contribution in [3.63, 3.8) is 0 Å². The van der Waals surface area contributed by atoms with Crippen LogP contribution in [0.1, 0.15) is 54.9 Å². The van der Waals surface area contributed by atoms with Crippen molar-refractivity contribution in [3.05, 3.63) is 41.4 Å². The van der Waals surface area contributed by atoms with Gasteiger partial charge in [0, 0.05) is 5.70 Å². The quantitative estimate of drug-likeness (QED) is 0.908. The first-order chi connectivity index (χ1) is 10.5. The SMILES string of the molecule is C=C(C1CCC(CC)CC1)N1Cc2ccc(O)c(F)c2C1=O. The number of phenols is 1. The van der Waals surface area contributed by atoms with Crippen LogP contribution in [0.5, 0.6) is 5.75 Å². The van der Waals surface area contributed by atoms with Crippen molar-refractivity contribution in [1.82, 2.24) is 4.90 Å². The Bertz CT molecular complexity index is 618. The predicted octanol–water partition coefficient (Wildman–Crippen LogP) is 4.22. The maximum absolute atomic E-state index is 14.0. The molecule has 0 bridgehead atoms. The third kappa shape index (κ3) is 2.40. The zero-order valence-corrected chi connectivity index (χ0v) is 12.9. The van der Waals surface area contributed by atoms with Crippen molar-refractivity contribution >= 4 is 5.91 Å². The number of benzene rings is 1. The molecule has 3 nitrogen and oxygen atoms in total. The van der Waals surface area contributed by atoms with Crippen molar-refractivity contribution in [1.29, 1.82) is 0 Å². The number of phenolic OH excluding ortho intramolecular Hbond substituents is 1. The zero-order chi connectivity index (χ0) is 15.9. The minimum absolute atomic E-state index is 0.00314. The summed E-state index contributed by atoms with van der Waals surface area (Å²) in [5.74, 6) is -0.566. The highest BCUT2D eigenvalue weighted by molar-refractivity contribution is 6.00. The smallest absolute Gasteiger partial charge is 0.261 e. The van der Waals surface area contributed by atoms with Crippen molar-refractivity contribution in [2.45, 2.75) is 45.6 Å². The van der Waals surface area contributed by atoms with E-state index >= 15 is 0 Å². The maximum atomic E-state index is 14.0. The van der Waals surface area contributed by atoms with Gasteiger partial charge in [-0.05, 0) is 49.1 Å². The summed E-state index contributed by atoms with van der Waals surface area (Å²) < 4.78 is 14.0. The zero-order valence-electron chi connectivity index (χ0n) is 12.9. The van der Waals surface area contributed by atoms with Crippen LogP contribution in [-0.2, 0) is 6.54 Å². The highest BCUT2D eigenvalue weighted by Crippen LogP contribution is 2.39. The molecule has 0 aromatic heterocycles. The number of halogens is 1. The Hall–Kier alpha value is -1.84. The normalized spacial score (nSPS) is 24.5. The van der Waals surface area contributed by atoms with Gasteiger partial charge in [0.05, 0.1) is 12.1 Å². The van der Waals surface area contributed by atoms with Crippen molar-refractivity contribution in [2.24, 2.45) is 11.8 Å². The number of fused-ring (bicyclic) bond motifs is 1. The van der Waals surface area contributed by atoms with Gasteiger partial charge in [0.1, 0.15) is 0 Å². The van der Waals surface area contributed by atoms with Crippen LogP contribution >= 0.6 is 0 Å². The Labute approximate surface area is 130 Å². The Morgan fingerprint density at radius 1 is 1.36 bits per heavy atom. The second-order valence-corrected chi connectivity index (χ2v) is 6.44. The molecule has 4 heteroatoms. The Balaban J connectivity index is 1.76. The van der Waals surface area contributed by atoms with Gasteiger partial charge < -0.3 is 10.0 Å². The van der Waals surface area contributed by atoms with E-state index in [4.69, 9.17) is 0 Å². The van der Waals surface area contributed by atoms with Gasteiger partial charge in [-0.3, -0.25) is 4.79 Å². The number of hydrogen-bond donors (Lipinski definition) is 1. The number of amides is 1. The molecular formula is C18H22FNO2. The topological polar surface area (TPSA) is 40.5 Å². The molecule has 0 radical (unpaired) electrons. The van der Waals surface area contributed by atoms with E-state index < -0.39 is 11.6 Å². The second kappa shape index (κ2) is 5.75. The van der Waals surface area contributed by atoms with Gasteiger partial charge in [-0.1, -0.05) is 26.0 Å². The summed E-state index contributed by atoms with van der Waals surface area (Å²) in [5, 5.41) is 9.46. The minimum atomic E-state index is -0.813. The summed E-state index contributed by atoms with van der Waals surface area (Å²) in [5.41, 5.74) is 1.43. The number of hydrogen-bond acceptors (Lipinski definition) is 2. The molecule has 0 saturated heterocycles. The van der Waals surface area contributed by atoms with E-state index in [9.17, 15) is 14.3 Å². The fraction of sp³-hybridized carbons (Fsp3) is 0.500. The molecule has 1 N–H and O–H groups in total. The molecule has 0 spiro atoms.